The van der Waals surface area contributed by atoms with Gasteiger partial charge in [-0.1, -0.05) is 72.8 Å². The number of hydrogen-bond donors (Lipinski definition) is 0. The van der Waals surface area contributed by atoms with Gasteiger partial charge in [-0.05, 0) is 48.5 Å². The average Bonchev–Trinajstić information content (AvgIpc) is 2.87. The largest absolute Gasteiger partial charge is 0.0966 e. The van der Waals surface area contributed by atoms with Gasteiger partial charge in [-0.25, -0.2) is 0 Å². The summed E-state index contributed by atoms with van der Waals surface area (Å²) in [5, 5.41) is 6.10. The molecule has 0 saturated heterocycles. The zero-order chi connectivity index (χ0) is 22.4. The number of benzene rings is 4. The van der Waals surface area contributed by atoms with Crippen molar-refractivity contribution in [1.82, 2.24) is 0 Å². The van der Waals surface area contributed by atoms with E-state index in [9.17, 15) is 0 Å². The predicted molar refractivity (Wildman–Crippen MR) is 147 cm³/mol. The first-order valence-corrected chi connectivity index (χ1v) is 17.3. The molecule has 0 spiro atoms. The molecule has 0 atom stereocenters. The molecule has 32 heavy (non-hydrogen) atoms. The van der Waals surface area contributed by atoms with E-state index in [2.05, 4.69) is 121 Å². The zero-order valence-electron chi connectivity index (χ0n) is 17.8. The van der Waals surface area contributed by atoms with E-state index in [1.807, 2.05) is 0 Å². The van der Waals surface area contributed by atoms with Crippen LogP contribution in [0.4, 0.5) is 0 Å². The molecule has 0 saturated carbocycles. The Hall–Kier alpha value is -1.16. The van der Waals surface area contributed by atoms with Crippen LogP contribution in [0, 0.1) is 0 Å². The van der Waals surface area contributed by atoms with Gasteiger partial charge < -0.3 is 0 Å². The second-order valence-electron chi connectivity index (χ2n) is 7.33. The SMILES string of the molecule is [Cl][Mn][Cl].c1ccc([PH+](CCC[PH+](c2ccccc2)c2ccccc2)c2ccccc2)cc1. The van der Waals surface area contributed by atoms with Crippen molar-refractivity contribution in [3.63, 3.8) is 0 Å². The summed E-state index contributed by atoms with van der Waals surface area (Å²) in [6.07, 6.45) is 3.84. The first-order valence-electron chi connectivity index (χ1n) is 10.6. The Kier molecular flexibility index (Phi) is 11.8. The van der Waals surface area contributed by atoms with Crippen molar-refractivity contribution in [3.05, 3.63) is 121 Å². The maximum absolute atomic E-state index is 4.80. The summed E-state index contributed by atoms with van der Waals surface area (Å²) in [6, 6.07) is 44.6. The third-order valence-corrected chi connectivity index (χ3v) is 11.2. The van der Waals surface area contributed by atoms with Crippen molar-refractivity contribution in [1.29, 1.82) is 0 Å². The summed E-state index contributed by atoms with van der Waals surface area (Å²) in [5.41, 5.74) is 0. The van der Waals surface area contributed by atoms with Crippen LogP contribution in [0.15, 0.2) is 121 Å². The normalized spacial score (nSPS) is 10.6. The van der Waals surface area contributed by atoms with Crippen LogP contribution in [-0.4, -0.2) is 12.3 Å². The molecular weight excluding hydrogens is 512 g/mol. The van der Waals surface area contributed by atoms with Gasteiger partial charge >= 0.3 is 33.3 Å². The van der Waals surface area contributed by atoms with Crippen molar-refractivity contribution in [2.45, 2.75) is 6.42 Å². The van der Waals surface area contributed by atoms with Crippen LogP contribution >= 0.6 is 36.0 Å². The molecule has 165 valence electrons. The van der Waals surface area contributed by atoms with Crippen LogP contribution < -0.4 is 21.2 Å². The molecular formula is C27H28Cl2MnP2+2. The molecule has 0 N–H and O–H groups in total. The predicted octanol–water partition coefficient (Wildman–Crippen LogP) is 6.48. The molecule has 4 rings (SSSR count). The second kappa shape index (κ2) is 14.9. The van der Waals surface area contributed by atoms with Crippen LogP contribution in [-0.2, 0) is 13.1 Å². The Morgan fingerprint density at radius 3 is 0.875 bits per heavy atom. The van der Waals surface area contributed by atoms with E-state index in [4.69, 9.17) is 20.2 Å². The van der Waals surface area contributed by atoms with Gasteiger partial charge in [0.25, 0.3) is 0 Å². The fraction of sp³-hybridized carbons (Fsp3) is 0.111. The number of hydrogen-bond acceptors (Lipinski definition) is 0. The molecule has 0 aromatic heterocycles. The summed E-state index contributed by atoms with van der Waals surface area (Å²) in [5.74, 6) is 0. The Labute approximate surface area is 209 Å². The van der Waals surface area contributed by atoms with Crippen molar-refractivity contribution in [3.8, 4) is 0 Å². The van der Waals surface area contributed by atoms with Crippen molar-refractivity contribution < 1.29 is 13.1 Å². The van der Waals surface area contributed by atoms with Gasteiger partial charge in [0.15, 0.2) is 0 Å². The van der Waals surface area contributed by atoms with E-state index in [1.54, 1.807) is 0 Å². The Balaban J connectivity index is 0.000000913. The first kappa shape index (κ1) is 25.5. The maximum Gasteiger partial charge on any atom is 0.0966 e. The molecule has 0 fully saturated rings. The third-order valence-electron chi connectivity index (χ3n) is 5.34. The summed E-state index contributed by atoms with van der Waals surface area (Å²) in [6.45, 7) is 0. The molecule has 0 bridgehead atoms. The van der Waals surface area contributed by atoms with Gasteiger partial charge in [0.1, 0.15) is 0 Å². The first-order chi connectivity index (χ1) is 15.8. The van der Waals surface area contributed by atoms with E-state index in [-0.39, 0.29) is 13.1 Å². The van der Waals surface area contributed by atoms with Crippen LogP contribution in [0.2, 0.25) is 0 Å². The Bertz CT molecular complexity index is 841. The monoisotopic (exact) mass is 539 g/mol. The fourth-order valence-electron chi connectivity index (χ4n) is 3.91. The molecule has 0 nitrogen and oxygen atoms in total. The molecule has 0 aliphatic heterocycles. The molecule has 4 aromatic carbocycles. The minimum atomic E-state index is -0.742. The Morgan fingerprint density at radius 2 is 0.656 bits per heavy atom. The quantitative estimate of drug-likeness (QED) is 0.177. The molecule has 0 amide bonds. The van der Waals surface area contributed by atoms with E-state index in [1.165, 1.54) is 40.0 Å². The maximum atomic E-state index is 4.80. The van der Waals surface area contributed by atoms with Crippen LogP contribution in [0.25, 0.3) is 0 Å². The van der Waals surface area contributed by atoms with Gasteiger partial charge in [-0.15, -0.1) is 0 Å². The van der Waals surface area contributed by atoms with Gasteiger partial charge in [0.2, 0.25) is 0 Å². The van der Waals surface area contributed by atoms with Crippen molar-refractivity contribution in [2.24, 2.45) is 0 Å². The average molecular weight is 540 g/mol. The van der Waals surface area contributed by atoms with E-state index >= 15 is 0 Å². The minimum absolute atomic E-state index is 0.00694. The summed E-state index contributed by atoms with van der Waals surface area (Å²) < 4.78 is 0. The van der Waals surface area contributed by atoms with Gasteiger partial charge in [0, 0.05) is 6.42 Å². The van der Waals surface area contributed by atoms with Crippen LogP contribution in [0.3, 0.4) is 0 Å². The molecule has 0 aliphatic carbocycles. The van der Waals surface area contributed by atoms with Crippen molar-refractivity contribution in [2.75, 3.05) is 12.3 Å². The van der Waals surface area contributed by atoms with E-state index in [0.29, 0.717) is 0 Å². The molecule has 4 aromatic rings. The molecule has 0 heterocycles. The number of halogens is 2. The van der Waals surface area contributed by atoms with Crippen molar-refractivity contribution >= 4 is 57.3 Å². The summed E-state index contributed by atoms with van der Waals surface area (Å²) in [4.78, 5) is 0. The smallest absolute Gasteiger partial charge is 0.0620 e. The van der Waals surface area contributed by atoms with Crippen LogP contribution in [0.1, 0.15) is 6.42 Å². The van der Waals surface area contributed by atoms with Gasteiger partial charge in [0.05, 0.1) is 49.4 Å². The van der Waals surface area contributed by atoms with Crippen LogP contribution in [0.5, 0.6) is 0 Å². The van der Waals surface area contributed by atoms with E-state index in [0.717, 1.165) is 0 Å². The molecule has 0 unspecified atom stereocenters. The molecule has 0 aliphatic rings. The van der Waals surface area contributed by atoms with Gasteiger partial charge in [-0.2, -0.15) is 0 Å². The van der Waals surface area contributed by atoms with E-state index < -0.39 is 15.8 Å². The molecule has 0 radical (unpaired) electrons. The zero-order valence-corrected chi connectivity index (χ0v) is 22.5. The minimum Gasteiger partial charge on any atom is -0.0620 e. The third kappa shape index (κ3) is 8.01. The second-order valence-corrected chi connectivity index (χ2v) is 14.5. The summed E-state index contributed by atoms with van der Waals surface area (Å²) in [7, 11) is 8.11. The summed E-state index contributed by atoms with van der Waals surface area (Å²) >= 11 is 0.00694. The number of rotatable bonds is 8. The van der Waals surface area contributed by atoms with Gasteiger partial charge in [-0.3, -0.25) is 0 Å². The fourth-order valence-corrected chi connectivity index (χ4v) is 9.52. The Morgan fingerprint density at radius 1 is 0.438 bits per heavy atom. The molecule has 5 heteroatoms. The standard InChI is InChI=1S/C27H26P2.2ClH.Mn/c1-5-14-24(15-6-1)28(25-16-7-2-8-17-25)22-13-23-29(26-18-9-3-10-19-26)27-20-11-4-12-21-27;;;/h1-12,14-21H,13,22-23H2;2*1H;/q;;;+2. The topological polar surface area (TPSA) is 0 Å².